The van der Waals surface area contributed by atoms with E-state index >= 15 is 0 Å². The molecular weight excluding hydrogens is 331 g/mol. The van der Waals surface area contributed by atoms with Gasteiger partial charge in [0.05, 0.1) is 5.52 Å². The second kappa shape index (κ2) is 6.09. The number of fused-ring (bicyclic) bond motifs is 1. The molecular formula is C18H14ClFN2O2. The van der Waals surface area contributed by atoms with E-state index in [1.165, 1.54) is 18.3 Å². The van der Waals surface area contributed by atoms with Crippen molar-refractivity contribution >= 4 is 34.1 Å². The van der Waals surface area contributed by atoms with Gasteiger partial charge in [0.1, 0.15) is 11.4 Å². The highest BCUT2D eigenvalue weighted by atomic mass is 35.5. The number of amides is 1. The minimum absolute atomic E-state index is 0.0602. The van der Waals surface area contributed by atoms with E-state index in [4.69, 9.17) is 11.6 Å². The molecule has 24 heavy (non-hydrogen) atoms. The predicted octanol–water partition coefficient (Wildman–Crippen LogP) is 3.89. The molecule has 0 saturated heterocycles. The molecule has 2 aromatic carbocycles. The van der Waals surface area contributed by atoms with Crippen LogP contribution >= 0.6 is 11.6 Å². The topological polar surface area (TPSA) is 51.1 Å². The molecule has 0 saturated carbocycles. The summed E-state index contributed by atoms with van der Waals surface area (Å²) in [5.74, 6) is -1.09. The Kier molecular flexibility index (Phi) is 4.11. The van der Waals surface area contributed by atoms with Crippen molar-refractivity contribution < 1.29 is 9.18 Å². The fourth-order valence-electron chi connectivity index (χ4n) is 2.56. The van der Waals surface area contributed by atoms with Gasteiger partial charge in [-0.3, -0.25) is 9.59 Å². The Balaban J connectivity index is 2.09. The van der Waals surface area contributed by atoms with Gasteiger partial charge in [0, 0.05) is 29.3 Å². The quantitative estimate of drug-likeness (QED) is 0.766. The van der Waals surface area contributed by atoms with Crippen molar-refractivity contribution in [2.24, 2.45) is 7.05 Å². The maximum atomic E-state index is 13.5. The van der Waals surface area contributed by atoms with Crippen molar-refractivity contribution in [3.63, 3.8) is 0 Å². The molecule has 1 amide bonds. The smallest absolute Gasteiger partial charge is 0.261 e. The summed E-state index contributed by atoms with van der Waals surface area (Å²) in [6.45, 7) is 1.77. The highest BCUT2D eigenvalue weighted by molar-refractivity contribution is 6.31. The van der Waals surface area contributed by atoms with Crippen LogP contribution in [0.4, 0.5) is 10.1 Å². The lowest BCUT2D eigenvalue weighted by atomic mass is 10.1. The standard InChI is InChI=1S/C18H14ClFN2O2/c1-10-14(19)4-3-5-15(10)21-18(24)13-9-22(2)16-7-6-11(20)8-12(16)17(13)23/h3-9H,1-2H3,(H,21,24). The van der Waals surface area contributed by atoms with E-state index in [-0.39, 0.29) is 10.9 Å². The van der Waals surface area contributed by atoms with E-state index in [0.29, 0.717) is 21.8 Å². The molecule has 0 atom stereocenters. The zero-order valence-electron chi connectivity index (χ0n) is 13.1. The van der Waals surface area contributed by atoms with Gasteiger partial charge in [-0.2, -0.15) is 0 Å². The van der Waals surface area contributed by atoms with Gasteiger partial charge in [-0.1, -0.05) is 17.7 Å². The van der Waals surface area contributed by atoms with E-state index in [9.17, 15) is 14.0 Å². The molecule has 122 valence electrons. The van der Waals surface area contributed by atoms with Crippen LogP contribution < -0.4 is 10.7 Å². The van der Waals surface area contributed by atoms with Crippen molar-refractivity contribution in [2.45, 2.75) is 6.92 Å². The summed E-state index contributed by atoms with van der Waals surface area (Å²) in [6, 6.07) is 9.04. The number of halogens is 2. The van der Waals surface area contributed by atoms with Crippen LogP contribution in [0.3, 0.4) is 0 Å². The first kappa shape index (κ1) is 16.2. The van der Waals surface area contributed by atoms with Crippen LogP contribution in [0.2, 0.25) is 5.02 Å². The van der Waals surface area contributed by atoms with Gasteiger partial charge in [0.15, 0.2) is 0 Å². The number of benzene rings is 2. The lowest BCUT2D eigenvalue weighted by Gasteiger charge is -2.11. The number of pyridine rings is 1. The Hall–Kier alpha value is -2.66. The lowest BCUT2D eigenvalue weighted by Crippen LogP contribution is -2.23. The predicted molar refractivity (Wildman–Crippen MR) is 93.3 cm³/mol. The van der Waals surface area contributed by atoms with Crippen molar-refractivity contribution in [1.82, 2.24) is 4.57 Å². The van der Waals surface area contributed by atoms with Gasteiger partial charge in [-0.05, 0) is 42.8 Å². The molecule has 6 heteroatoms. The lowest BCUT2D eigenvalue weighted by molar-refractivity contribution is 0.102. The van der Waals surface area contributed by atoms with Crippen LogP contribution in [0.5, 0.6) is 0 Å². The van der Waals surface area contributed by atoms with Gasteiger partial charge in [-0.15, -0.1) is 0 Å². The maximum absolute atomic E-state index is 13.5. The van der Waals surface area contributed by atoms with Gasteiger partial charge in [0.2, 0.25) is 5.43 Å². The van der Waals surface area contributed by atoms with Crippen LogP contribution in [-0.4, -0.2) is 10.5 Å². The first-order valence-electron chi connectivity index (χ1n) is 7.24. The number of aryl methyl sites for hydroxylation is 1. The number of anilines is 1. The molecule has 1 N–H and O–H groups in total. The van der Waals surface area contributed by atoms with Crippen LogP contribution in [-0.2, 0) is 7.05 Å². The third-order valence-corrected chi connectivity index (χ3v) is 4.32. The van der Waals surface area contributed by atoms with E-state index in [1.807, 2.05) is 0 Å². The molecule has 4 nitrogen and oxygen atoms in total. The largest absolute Gasteiger partial charge is 0.350 e. The Morgan fingerprint density at radius 2 is 2.00 bits per heavy atom. The first-order valence-corrected chi connectivity index (χ1v) is 7.61. The number of hydrogen-bond donors (Lipinski definition) is 1. The van der Waals surface area contributed by atoms with Crippen LogP contribution in [0.15, 0.2) is 47.4 Å². The average Bonchev–Trinajstić information content (AvgIpc) is 2.55. The molecule has 0 fully saturated rings. The zero-order chi connectivity index (χ0) is 17.4. The normalized spacial score (nSPS) is 10.8. The molecule has 1 heterocycles. The minimum atomic E-state index is -0.563. The molecule has 0 spiro atoms. The van der Waals surface area contributed by atoms with E-state index in [0.717, 1.165) is 6.07 Å². The Morgan fingerprint density at radius 3 is 2.75 bits per heavy atom. The second-order valence-corrected chi connectivity index (χ2v) is 5.92. The molecule has 0 aliphatic carbocycles. The summed E-state index contributed by atoms with van der Waals surface area (Å²) >= 11 is 6.04. The Bertz CT molecular complexity index is 1030. The van der Waals surface area contributed by atoms with Gasteiger partial charge in [-0.25, -0.2) is 4.39 Å². The van der Waals surface area contributed by atoms with E-state index < -0.39 is 17.2 Å². The summed E-state index contributed by atoms with van der Waals surface area (Å²) in [6.07, 6.45) is 1.44. The number of carbonyl (C=O) groups excluding carboxylic acids is 1. The average molecular weight is 345 g/mol. The fourth-order valence-corrected chi connectivity index (χ4v) is 2.73. The van der Waals surface area contributed by atoms with E-state index in [2.05, 4.69) is 5.32 Å². The summed E-state index contributed by atoms with van der Waals surface area (Å²) in [5.41, 5.74) is 1.21. The van der Waals surface area contributed by atoms with Crippen molar-refractivity contribution in [3.8, 4) is 0 Å². The highest BCUT2D eigenvalue weighted by Gasteiger charge is 2.16. The number of hydrogen-bond acceptors (Lipinski definition) is 2. The van der Waals surface area contributed by atoms with E-state index in [1.54, 1.807) is 36.7 Å². The number of carbonyl (C=O) groups is 1. The third kappa shape index (κ3) is 2.78. The third-order valence-electron chi connectivity index (χ3n) is 3.91. The molecule has 0 aliphatic heterocycles. The summed E-state index contributed by atoms with van der Waals surface area (Å²) in [5, 5.41) is 3.36. The zero-order valence-corrected chi connectivity index (χ0v) is 13.8. The highest BCUT2D eigenvalue weighted by Crippen LogP contribution is 2.23. The molecule has 0 radical (unpaired) electrons. The van der Waals surface area contributed by atoms with Crippen molar-refractivity contribution in [3.05, 3.63) is 74.8 Å². The second-order valence-electron chi connectivity index (χ2n) is 5.51. The molecule has 3 rings (SSSR count). The Morgan fingerprint density at radius 1 is 1.25 bits per heavy atom. The maximum Gasteiger partial charge on any atom is 0.261 e. The van der Waals surface area contributed by atoms with Crippen LogP contribution in [0, 0.1) is 12.7 Å². The van der Waals surface area contributed by atoms with Gasteiger partial charge in [0.25, 0.3) is 5.91 Å². The fraction of sp³-hybridized carbons (Fsp3) is 0.111. The van der Waals surface area contributed by atoms with Crippen LogP contribution in [0.1, 0.15) is 15.9 Å². The minimum Gasteiger partial charge on any atom is -0.350 e. The molecule has 0 aliphatic rings. The number of nitrogens with zero attached hydrogens (tertiary/aromatic N) is 1. The molecule has 1 aromatic heterocycles. The number of rotatable bonds is 2. The Labute approximate surface area is 142 Å². The first-order chi connectivity index (χ1) is 11.4. The summed E-state index contributed by atoms with van der Waals surface area (Å²) in [7, 11) is 1.70. The van der Waals surface area contributed by atoms with Crippen molar-refractivity contribution in [2.75, 3.05) is 5.32 Å². The number of nitrogens with one attached hydrogen (secondary N) is 1. The molecule has 0 unspecified atom stereocenters. The molecule has 3 aromatic rings. The van der Waals surface area contributed by atoms with Crippen molar-refractivity contribution in [1.29, 1.82) is 0 Å². The van der Waals surface area contributed by atoms with Gasteiger partial charge < -0.3 is 9.88 Å². The monoisotopic (exact) mass is 344 g/mol. The summed E-state index contributed by atoms with van der Waals surface area (Å²) < 4.78 is 15.1. The van der Waals surface area contributed by atoms with Gasteiger partial charge >= 0.3 is 0 Å². The number of aromatic nitrogens is 1. The SMILES string of the molecule is Cc1c(Cl)cccc1NC(=O)c1cn(C)c2ccc(F)cc2c1=O. The summed E-state index contributed by atoms with van der Waals surface area (Å²) in [4.78, 5) is 25.1. The molecule has 0 bridgehead atoms. The van der Waals surface area contributed by atoms with Crippen LogP contribution in [0.25, 0.3) is 10.9 Å².